The number of hydrogen-bond donors (Lipinski definition) is 0. The van der Waals surface area contributed by atoms with E-state index in [1.807, 2.05) is 109 Å². The third-order valence-corrected chi connectivity index (χ3v) is 24.2. The Kier molecular flexibility index (Phi) is 19.5. The highest BCUT2D eigenvalue weighted by Gasteiger charge is 2.51. The summed E-state index contributed by atoms with van der Waals surface area (Å²) in [5.41, 5.74) is 20.5. The SMILES string of the molecule is CC1(C)OB(c2cccc(-c3ccc(-c4nc(-c5ccccc5)nc(-c5ccc(-c6ccccc6)cc5)n4)cc3)c2)OC1(C)C.Clc1nc2cccnc2c2c1sc1ccccc12.c1ccc(-c2ccc(-c3nc(-c4ccccc4)nc(-c4ccc(-c5cccc(-c6nc7cccnc7c7c6sc6ccccc67)c5)cc4)n3)cc2)cc1. The van der Waals surface area contributed by atoms with E-state index in [9.17, 15) is 0 Å². The second-order valence-electron chi connectivity index (χ2n) is 29.4. The largest absolute Gasteiger partial charge is 0.494 e. The summed E-state index contributed by atoms with van der Waals surface area (Å²) in [6.07, 6.45) is 3.65. The van der Waals surface area contributed by atoms with E-state index < -0.39 is 7.12 Å². The van der Waals surface area contributed by atoms with Gasteiger partial charge in [-0.1, -0.05) is 309 Å². The molecule has 21 rings (SSSR count). The number of halogens is 1. The minimum atomic E-state index is -0.406. The molecule has 0 atom stereocenters. The molecule has 0 aliphatic carbocycles. The fourth-order valence-corrected chi connectivity index (χ4v) is 17.3. The quantitative estimate of drug-likeness (QED) is 0.0847. The van der Waals surface area contributed by atoms with Crippen molar-refractivity contribution in [3.05, 3.63) is 357 Å². The number of fused-ring (bicyclic) bond motifs is 10. The standard InChI is InChI=1S/C47H29N5S.C39H34BN3O2.C14H7ClN2S/c1-3-11-30(12-4-1)31-20-24-34(25-21-31)46-50-45(33-13-5-2-6-14-33)51-47(52-46)35-26-22-32(23-27-35)36-15-9-16-37(29-36)42-44-41(38-17-7-8-19-40(38)53-44)43-39(49-42)18-10-28-48-43;1-38(2)39(3,4)45-40(44-38)34-17-11-16-33(26-34)29-20-24-32(25-21-29)37-42-35(30-14-9-6-10-15-30)41-36(43-37)31-22-18-28(19-23-31)27-12-7-5-8-13-27;15-14-13-11(8-4-1-2-6-10(8)18-13)12-9(17-14)5-3-7-16-12/h1-29H;5-26H,1-4H3;1-7H. The van der Waals surface area contributed by atoms with Crippen LogP contribution in [-0.2, 0) is 9.31 Å². The lowest BCUT2D eigenvalue weighted by molar-refractivity contribution is 0.00578. The minimum absolute atomic E-state index is 0.388. The van der Waals surface area contributed by atoms with Crippen LogP contribution in [0.15, 0.2) is 352 Å². The summed E-state index contributed by atoms with van der Waals surface area (Å²) in [5, 5.41) is 5.26. The molecule has 12 aromatic carbocycles. The van der Waals surface area contributed by atoms with Crippen LogP contribution in [0.1, 0.15) is 27.7 Å². The molecule has 1 aliphatic heterocycles. The molecule has 12 nitrogen and oxygen atoms in total. The Labute approximate surface area is 683 Å². The van der Waals surface area contributed by atoms with Gasteiger partial charge in [0.05, 0.1) is 48.4 Å². The van der Waals surface area contributed by atoms with Gasteiger partial charge in [-0.05, 0) is 120 Å². The third kappa shape index (κ3) is 14.5. The summed E-state index contributed by atoms with van der Waals surface area (Å²) >= 11 is 9.72. The molecule has 1 aliphatic rings. The van der Waals surface area contributed by atoms with Crippen LogP contribution in [0.5, 0.6) is 0 Å². The van der Waals surface area contributed by atoms with Crippen LogP contribution in [0.4, 0.5) is 0 Å². The molecular weight excluding hydrogens is 1480 g/mol. The Morgan fingerprint density at radius 2 is 0.586 bits per heavy atom. The lowest BCUT2D eigenvalue weighted by Crippen LogP contribution is -2.41. The molecule has 0 saturated carbocycles. The molecule has 0 amide bonds. The summed E-state index contributed by atoms with van der Waals surface area (Å²) in [5.74, 6) is 3.81. The molecule has 0 spiro atoms. The zero-order valence-electron chi connectivity index (χ0n) is 63.5. The topological polar surface area (TPSA) is 147 Å². The number of nitrogens with zero attached hydrogens (tertiary/aromatic N) is 10. The van der Waals surface area contributed by atoms with E-state index in [1.165, 1.54) is 36.7 Å². The van der Waals surface area contributed by atoms with Gasteiger partial charge in [0.2, 0.25) is 0 Å². The molecule has 554 valence electrons. The predicted molar refractivity (Wildman–Crippen MR) is 479 cm³/mol. The minimum Gasteiger partial charge on any atom is -0.399 e. The van der Waals surface area contributed by atoms with Crippen molar-refractivity contribution in [3.63, 3.8) is 0 Å². The molecule has 0 bridgehead atoms. The van der Waals surface area contributed by atoms with Crippen LogP contribution in [0.2, 0.25) is 5.15 Å². The predicted octanol–water partition coefficient (Wildman–Crippen LogP) is 25.3. The van der Waals surface area contributed by atoms with Gasteiger partial charge in [0, 0.05) is 82.3 Å². The van der Waals surface area contributed by atoms with Crippen molar-refractivity contribution in [2.24, 2.45) is 0 Å². The lowest BCUT2D eigenvalue weighted by atomic mass is 9.78. The normalized spacial score (nSPS) is 12.9. The zero-order chi connectivity index (χ0) is 78.3. The van der Waals surface area contributed by atoms with E-state index in [0.717, 1.165) is 120 Å². The Balaban J connectivity index is 0.000000128. The van der Waals surface area contributed by atoms with E-state index in [0.29, 0.717) is 40.1 Å². The lowest BCUT2D eigenvalue weighted by Gasteiger charge is -2.32. The molecule has 8 aromatic heterocycles. The number of thiophene rings is 2. The van der Waals surface area contributed by atoms with Gasteiger partial charge in [-0.25, -0.2) is 39.9 Å². The van der Waals surface area contributed by atoms with Crippen molar-refractivity contribution < 1.29 is 9.31 Å². The molecule has 9 heterocycles. The molecule has 16 heteroatoms. The average molecular weight is 1550 g/mol. The van der Waals surface area contributed by atoms with E-state index in [1.54, 1.807) is 28.9 Å². The monoisotopic (exact) mass is 1550 g/mol. The van der Waals surface area contributed by atoms with Crippen LogP contribution in [0, 0.1) is 0 Å². The highest BCUT2D eigenvalue weighted by atomic mass is 35.5. The second-order valence-corrected chi connectivity index (χ2v) is 31.9. The van der Waals surface area contributed by atoms with E-state index in [4.69, 9.17) is 60.8 Å². The molecule has 0 radical (unpaired) electrons. The first-order chi connectivity index (χ1) is 56.8. The number of rotatable bonds is 12. The maximum Gasteiger partial charge on any atom is 0.494 e. The van der Waals surface area contributed by atoms with Gasteiger partial charge >= 0.3 is 7.12 Å². The first-order valence-corrected chi connectivity index (χ1v) is 40.4. The molecular formula is C100H70BClN10O2S2. The van der Waals surface area contributed by atoms with Crippen molar-refractivity contribution in [2.45, 2.75) is 38.9 Å². The van der Waals surface area contributed by atoms with Crippen LogP contribution in [-0.4, -0.2) is 68.2 Å². The van der Waals surface area contributed by atoms with Crippen molar-refractivity contribution in [3.8, 4) is 124 Å². The van der Waals surface area contributed by atoms with E-state index in [2.05, 4.69) is 274 Å². The first-order valence-electron chi connectivity index (χ1n) is 38.4. The first kappa shape index (κ1) is 72.7. The fourth-order valence-electron chi connectivity index (χ4n) is 14.7. The van der Waals surface area contributed by atoms with Crippen LogP contribution in [0.3, 0.4) is 0 Å². The highest BCUT2D eigenvalue weighted by Crippen LogP contribution is 2.45. The summed E-state index contributed by atoms with van der Waals surface area (Å²) in [6.45, 7) is 8.30. The molecule has 116 heavy (non-hydrogen) atoms. The molecule has 0 N–H and O–H groups in total. The summed E-state index contributed by atoms with van der Waals surface area (Å²) in [4.78, 5) is 48.4. The van der Waals surface area contributed by atoms with Crippen LogP contribution >= 0.6 is 34.3 Å². The van der Waals surface area contributed by atoms with Crippen molar-refractivity contribution >= 4 is 109 Å². The second kappa shape index (κ2) is 31.1. The summed E-state index contributed by atoms with van der Waals surface area (Å²) < 4.78 is 17.2. The number of benzene rings is 12. The van der Waals surface area contributed by atoms with E-state index in [-0.39, 0.29) is 11.2 Å². The molecule has 1 saturated heterocycles. The molecule has 20 aromatic rings. The molecule has 1 fully saturated rings. The van der Waals surface area contributed by atoms with Crippen molar-refractivity contribution in [1.29, 1.82) is 0 Å². The Hall–Kier alpha value is -13.5. The van der Waals surface area contributed by atoms with Gasteiger partial charge in [0.25, 0.3) is 0 Å². The average Bonchev–Trinajstić information content (AvgIpc) is 1.58. The highest BCUT2D eigenvalue weighted by molar-refractivity contribution is 7.27. The van der Waals surface area contributed by atoms with Gasteiger partial charge in [-0.2, -0.15) is 0 Å². The van der Waals surface area contributed by atoms with Gasteiger partial charge in [-0.3, -0.25) is 9.97 Å². The Morgan fingerprint density at radius 1 is 0.276 bits per heavy atom. The number of aromatic nitrogens is 10. The summed E-state index contributed by atoms with van der Waals surface area (Å²) in [6, 6.07) is 116. The van der Waals surface area contributed by atoms with Crippen LogP contribution in [0.25, 0.3) is 187 Å². The number of hydrogen-bond acceptors (Lipinski definition) is 14. The fraction of sp³-hybridized carbons (Fsp3) is 0.0600. The van der Waals surface area contributed by atoms with E-state index >= 15 is 0 Å². The maximum atomic E-state index is 6.30. The van der Waals surface area contributed by atoms with Gasteiger partial charge in [-0.15, -0.1) is 22.7 Å². The van der Waals surface area contributed by atoms with Gasteiger partial charge in [0.15, 0.2) is 34.9 Å². The van der Waals surface area contributed by atoms with Crippen molar-refractivity contribution in [2.75, 3.05) is 0 Å². The Morgan fingerprint density at radius 3 is 1.02 bits per heavy atom. The van der Waals surface area contributed by atoms with Crippen molar-refractivity contribution in [1.82, 2.24) is 49.8 Å². The summed E-state index contributed by atoms with van der Waals surface area (Å²) in [7, 11) is -0.406. The van der Waals surface area contributed by atoms with Crippen LogP contribution < -0.4 is 5.46 Å². The van der Waals surface area contributed by atoms with Gasteiger partial charge in [0.1, 0.15) is 5.15 Å². The maximum absolute atomic E-state index is 6.30. The number of pyridine rings is 4. The zero-order valence-corrected chi connectivity index (χ0v) is 65.9. The Bertz CT molecular complexity index is 7010. The third-order valence-electron chi connectivity index (χ3n) is 21.4. The molecule has 0 unspecified atom stereocenters. The van der Waals surface area contributed by atoms with Gasteiger partial charge < -0.3 is 9.31 Å². The smallest absolute Gasteiger partial charge is 0.399 e.